The van der Waals surface area contributed by atoms with E-state index >= 15 is 0 Å². The monoisotopic (exact) mass is 452 g/mol. The maximum absolute atomic E-state index is 2.44. The summed E-state index contributed by atoms with van der Waals surface area (Å²) in [7, 11) is 0. The third-order valence-electron chi connectivity index (χ3n) is 8.25. The van der Waals surface area contributed by atoms with Gasteiger partial charge in [-0.05, 0) is 124 Å². The second-order valence-electron chi connectivity index (χ2n) is 10.1. The Morgan fingerprint density at radius 2 is 0.889 bits per heavy atom. The van der Waals surface area contributed by atoms with Crippen molar-refractivity contribution in [1.29, 1.82) is 0 Å². The van der Waals surface area contributed by atoms with Crippen molar-refractivity contribution in [2.24, 2.45) is 0 Å². The Bertz CT molecular complexity index is 2180. The smallest absolute Gasteiger partial charge is 0.000807 e. The van der Waals surface area contributed by atoms with E-state index in [0.717, 1.165) is 0 Å². The van der Waals surface area contributed by atoms with Crippen molar-refractivity contribution in [3.8, 4) is 33.4 Å². The fourth-order valence-electron chi connectivity index (χ4n) is 6.67. The van der Waals surface area contributed by atoms with Crippen LogP contribution in [0.1, 0.15) is 0 Å². The standard InChI is InChI=1S/C36H20/c1-2-7-21(8-3-1)29-20-33-31-19-27-16-24-10-5-4-9-23(24)15-26(27)18-30(31)32-17-25-12-6-11-22-13-14-28(29)36(34(22)25)35(32)33/h1-20H. The predicted octanol–water partition coefficient (Wildman–Crippen LogP) is 10.2. The first-order chi connectivity index (χ1) is 17.8. The van der Waals surface area contributed by atoms with Crippen molar-refractivity contribution < 1.29 is 0 Å². The summed E-state index contributed by atoms with van der Waals surface area (Å²) in [6.07, 6.45) is 0. The number of rotatable bonds is 1. The fraction of sp³-hybridized carbons (Fsp3) is 0. The van der Waals surface area contributed by atoms with Crippen LogP contribution in [0.3, 0.4) is 0 Å². The van der Waals surface area contributed by atoms with E-state index in [2.05, 4.69) is 121 Å². The molecule has 0 saturated carbocycles. The van der Waals surface area contributed by atoms with E-state index in [-0.39, 0.29) is 0 Å². The molecule has 8 aromatic carbocycles. The van der Waals surface area contributed by atoms with Crippen molar-refractivity contribution in [3.63, 3.8) is 0 Å². The van der Waals surface area contributed by atoms with Gasteiger partial charge in [-0.25, -0.2) is 0 Å². The van der Waals surface area contributed by atoms with E-state index in [1.54, 1.807) is 0 Å². The average molecular weight is 453 g/mol. The quantitative estimate of drug-likeness (QED) is 0.172. The molecular weight excluding hydrogens is 432 g/mol. The van der Waals surface area contributed by atoms with Crippen LogP contribution in [-0.4, -0.2) is 0 Å². The highest BCUT2D eigenvalue weighted by Crippen LogP contribution is 2.54. The van der Waals surface area contributed by atoms with Crippen molar-refractivity contribution in [2.45, 2.75) is 0 Å². The molecule has 0 fully saturated rings. The molecule has 0 bridgehead atoms. The first-order valence-electron chi connectivity index (χ1n) is 12.6. The molecule has 164 valence electrons. The van der Waals surface area contributed by atoms with Crippen LogP contribution in [0.5, 0.6) is 0 Å². The molecule has 36 heavy (non-hydrogen) atoms. The molecule has 8 aromatic rings. The molecule has 1 aliphatic carbocycles. The SMILES string of the molecule is c1ccc(-c2cc3c4c(cc5cccc6ccc2c4c65)-c2cc4cc5ccccc5cc4cc2-3)cc1. The summed E-state index contributed by atoms with van der Waals surface area (Å²) in [6, 6.07) is 45.3. The van der Waals surface area contributed by atoms with Gasteiger partial charge in [0.15, 0.2) is 0 Å². The van der Waals surface area contributed by atoms with Gasteiger partial charge in [0.05, 0.1) is 0 Å². The Morgan fingerprint density at radius 3 is 1.64 bits per heavy atom. The highest BCUT2D eigenvalue weighted by atomic mass is 14.3. The second-order valence-corrected chi connectivity index (χ2v) is 10.1. The zero-order chi connectivity index (χ0) is 23.4. The van der Waals surface area contributed by atoms with Crippen LogP contribution in [0.2, 0.25) is 0 Å². The third-order valence-corrected chi connectivity index (χ3v) is 8.25. The van der Waals surface area contributed by atoms with Crippen molar-refractivity contribution in [2.75, 3.05) is 0 Å². The summed E-state index contributed by atoms with van der Waals surface area (Å²) in [5.74, 6) is 0. The van der Waals surface area contributed by atoms with E-state index in [1.807, 2.05) is 0 Å². The minimum absolute atomic E-state index is 1.27. The van der Waals surface area contributed by atoms with Gasteiger partial charge in [-0.2, -0.15) is 0 Å². The van der Waals surface area contributed by atoms with Gasteiger partial charge in [0.1, 0.15) is 0 Å². The lowest BCUT2D eigenvalue weighted by molar-refractivity contribution is 1.66. The molecule has 0 spiro atoms. The number of hydrogen-bond acceptors (Lipinski definition) is 0. The zero-order valence-corrected chi connectivity index (χ0v) is 19.5. The van der Waals surface area contributed by atoms with E-state index in [4.69, 9.17) is 0 Å². The van der Waals surface area contributed by atoms with Gasteiger partial charge in [0, 0.05) is 0 Å². The van der Waals surface area contributed by atoms with Gasteiger partial charge < -0.3 is 0 Å². The summed E-state index contributed by atoms with van der Waals surface area (Å²) in [6.45, 7) is 0. The van der Waals surface area contributed by atoms with Crippen molar-refractivity contribution >= 4 is 53.9 Å². The van der Waals surface area contributed by atoms with Crippen LogP contribution in [-0.2, 0) is 0 Å². The van der Waals surface area contributed by atoms with Crippen LogP contribution >= 0.6 is 0 Å². The molecule has 0 N–H and O–H groups in total. The minimum atomic E-state index is 1.27. The second kappa shape index (κ2) is 6.50. The maximum atomic E-state index is 2.44. The summed E-state index contributed by atoms with van der Waals surface area (Å²) >= 11 is 0. The molecule has 0 amide bonds. The van der Waals surface area contributed by atoms with Gasteiger partial charge in [0.2, 0.25) is 0 Å². The summed E-state index contributed by atoms with van der Waals surface area (Å²) in [5.41, 5.74) is 8.02. The first kappa shape index (κ1) is 18.6. The molecule has 0 aliphatic heterocycles. The van der Waals surface area contributed by atoms with Gasteiger partial charge in [-0.3, -0.25) is 0 Å². The molecule has 0 unspecified atom stereocenters. The Kier molecular flexibility index (Phi) is 3.36. The van der Waals surface area contributed by atoms with Gasteiger partial charge >= 0.3 is 0 Å². The Morgan fingerprint density at radius 1 is 0.278 bits per heavy atom. The lowest BCUT2D eigenvalue weighted by atomic mass is 9.87. The zero-order valence-electron chi connectivity index (χ0n) is 19.5. The van der Waals surface area contributed by atoms with E-state index in [0.29, 0.717) is 0 Å². The molecule has 1 aliphatic rings. The van der Waals surface area contributed by atoms with Crippen LogP contribution in [0.25, 0.3) is 87.2 Å². The van der Waals surface area contributed by atoms with Gasteiger partial charge in [-0.1, -0.05) is 84.9 Å². The number of fused-ring (bicyclic) bond motifs is 5. The highest BCUT2D eigenvalue weighted by Gasteiger charge is 2.27. The normalized spacial score (nSPS) is 12.4. The Labute approximate surface area is 208 Å². The summed E-state index contributed by atoms with van der Waals surface area (Å²) in [5, 5.41) is 13.4. The number of benzene rings is 8. The lowest BCUT2D eigenvalue weighted by Gasteiger charge is -2.16. The lowest BCUT2D eigenvalue weighted by Crippen LogP contribution is -1.89. The molecule has 0 atom stereocenters. The molecule has 0 aromatic heterocycles. The summed E-state index contributed by atoms with van der Waals surface area (Å²) in [4.78, 5) is 0. The van der Waals surface area contributed by atoms with Crippen LogP contribution in [0.15, 0.2) is 121 Å². The predicted molar refractivity (Wildman–Crippen MR) is 155 cm³/mol. The maximum Gasteiger partial charge on any atom is -0.000807 e. The molecular formula is C36H20. The molecule has 0 radical (unpaired) electrons. The van der Waals surface area contributed by atoms with E-state index in [9.17, 15) is 0 Å². The van der Waals surface area contributed by atoms with Gasteiger partial charge in [0.25, 0.3) is 0 Å². The van der Waals surface area contributed by atoms with Gasteiger partial charge in [-0.15, -0.1) is 0 Å². The Balaban J connectivity index is 1.49. The van der Waals surface area contributed by atoms with E-state index in [1.165, 1.54) is 87.2 Å². The third kappa shape index (κ3) is 2.29. The van der Waals surface area contributed by atoms with Crippen LogP contribution in [0.4, 0.5) is 0 Å². The van der Waals surface area contributed by atoms with Crippen LogP contribution in [0, 0.1) is 0 Å². The molecule has 9 rings (SSSR count). The molecule has 0 heterocycles. The highest BCUT2D eigenvalue weighted by molar-refractivity contribution is 6.34. The van der Waals surface area contributed by atoms with E-state index < -0.39 is 0 Å². The first-order valence-corrected chi connectivity index (χ1v) is 12.6. The van der Waals surface area contributed by atoms with Crippen molar-refractivity contribution in [3.05, 3.63) is 121 Å². The summed E-state index contributed by atoms with van der Waals surface area (Å²) < 4.78 is 0. The Hall–Kier alpha value is -4.68. The minimum Gasteiger partial charge on any atom is -0.0622 e. The molecule has 0 nitrogen and oxygen atoms in total. The largest absolute Gasteiger partial charge is 0.0622 e. The molecule has 0 heteroatoms. The molecule has 0 saturated heterocycles. The van der Waals surface area contributed by atoms with Crippen LogP contribution < -0.4 is 0 Å². The number of hydrogen-bond donors (Lipinski definition) is 0. The fourth-order valence-corrected chi connectivity index (χ4v) is 6.67. The topological polar surface area (TPSA) is 0 Å². The average Bonchev–Trinajstić information content (AvgIpc) is 3.23. The van der Waals surface area contributed by atoms with Crippen molar-refractivity contribution in [1.82, 2.24) is 0 Å².